The van der Waals surface area contributed by atoms with Gasteiger partial charge in [0.05, 0.1) is 12.2 Å². The Morgan fingerprint density at radius 2 is 1.59 bits per heavy atom. The zero-order valence-corrected chi connectivity index (χ0v) is 18.2. The van der Waals surface area contributed by atoms with Crippen LogP contribution in [0.4, 0.5) is 15.8 Å². The normalized spacial score (nSPS) is 10.4. The molecular weight excluding hydrogens is 431 g/mol. The van der Waals surface area contributed by atoms with Crippen molar-refractivity contribution in [2.24, 2.45) is 5.73 Å². The summed E-state index contributed by atoms with van der Waals surface area (Å²) in [5.41, 5.74) is 8.62. The highest BCUT2D eigenvalue weighted by molar-refractivity contribution is 5.93. The van der Waals surface area contributed by atoms with Crippen LogP contribution in [0.15, 0.2) is 91.0 Å². The van der Waals surface area contributed by atoms with Crippen LogP contribution in [0.3, 0.4) is 0 Å². The van der Waals surface area contributed by atoms with Gasteiger partial charge in [-0.2, -0.15) is 0 Å². The summed E-state index contributed by atoms with van der Waals surface area (Å²) in [6, 6.07) is 26.1. The standard InChI is InChI=1S/C27H21FN4O2/c1-30-15-16-32(21-5-3-2-4-6-21)22-17-25(31-26(18-22)27(29)33)19-7-11-23(12-8-19)34-24-13-9-20(28)10-14-24/h2-14,17-18H,15-16H2,(H2,29,33). The highest BCUT2D eigenvalue weighted by atomic mass is 19.1. The van der Waals surface area contributed by atoms with Crippen LogP contribution < -0.4 is 15.4 Å². The first-order valence-electron chi connectivity index (χ1n) is 10.5. The topological polar surface area (TPSA) is 72.8 Å². The largest absolute Gasteiger partial charge is 0.457 e. The molecule has 2 N–H and O–H groups in total. The van der Waals surface area contributed by atoms with Gasteiger partial charge in [0.1, 0.15) is 23.0 Å². The number of carbonyl (C=O) groups is 1. The molecule has 0 unspecified atom stereocenters. The molecule has 0 saturated heterocycles. The summed E-state index contributed by atoms with van der Waals surface area (Å²) < 4.78 is 18.9. The molecule has 0 fully saturated rings. The molecule has 1 amide bonds. The Bertz CT molecular complexity index is 1320. The summed E-state index contributed by atoms with van der Waals surface area (Å²) in [5.74, 6) is 0.116. The molecule has 0 radical (unpaired) electrons. The number of halogens is 1. The van der Waals surface area contributed by atoms with E-state index in [-0.39, 0.29) is 18.1 Å². The van der Waals surface area contributed by atoms with Crippen LogP contribution in [0.2, 0.25) is 0 Å². The van der Waals surface area contributed by atoms with E-state index in [0.29, 0.717) is 29.4 Å². The highest BCUT2D eigenvalue weighted by Gasteiger charge is 2.16. The Labute approximate surface area is 196 Å². The van der Waals surface area contributed by atoms with E-state index in [0.717, 1.165) is 11.3 Å². The van der Waals surface area contributed by atoms with Crippen LogP contribution in [-0.4, -0.2) is 24.0 Å². The lowest BCUT2D eigenvalue weighted by Crippen LogP contribution is -2.22. The molecule has 1 aromatic heterocycles. The zero-order valence-electron chi connectivity index (χ0n) is 18.2. The minimum absolute atomic E-state index is 0.128. The van der Waals surface area contributed by atoms with Gasteiger partial charge in [0.15, 0.2) is 0 Å². The van der Waals surface area contributed by atoms with E-state index in [9.17, 15) is 9.18 Å². The van der Waals surface area contributed by atoms with Gasteiger partial charge in [-0.1, -0.05) is 18.2 Å². The number of rotatable bonds is 8. The average Bonchev–Trinajstić information content (AvgIpc) is 2.86. The predicted molar refractivity (Wildman–Crippen MR) is 130 cm³/mol. The van der Waals surface area contributed by atoms with Crippen molar-refractivity contribution in [2.75, 3.05) is 18.0 Å². The maximum Gasteiger partial charge on any atom is 0.267 e. The third-order valence-corrected chi connectivity index (χ3v) is 5.08. The lowest BCUT2D eigenvalue weighted by molar-refractivity contribution is 0.0995. The number of para-hydroxylation sites is 1. The van der Waals surface area contributed by atoms with E-state index in [4.69, 9.17) is 17.0 Å². The molecule has 4 rings (SSSR count). The van der Waals surface area contributed by atoms with Crippen LogP contribution in [0, 0.1) is 12.4 Å². The van der Waals surface area contributed by atoms with Gasteiger partial charge >= 0.3 is 0 Å². The molecule has 7 heteroatoms. The summed E-state index contributed by atoms with van der Waals surface area (Å²) in [6.45, 7) is 7.93. The van der Waals surface area contributed by atoms with Crippen LogP contribution in [0.25, 0.3) is 16.1 Å². The molecule has 34 heavy (non-hydrogen) atoms. The van der Waals surface area contributed by atoms with Crippen LogP contribution in [0.1, 0.15) is 10.5 Å². The summed E-state index contributed by atoms with van der Waals surface area (Å²) in [6.07, 6.45) is 0. The number of carbonyl (C=O) groups excluding carboxylic acids is 1. The fraction of sp³-hybridized carbons (Fsp3) is 0.0741. The zero-order chi connectivity index (χ0) is 23.9. The third-order valence-electron chi connectivity index (χ3n) is 5.08. The molecule has 4 aromatic rings. The molecule has 0 saturated carbocycles. The second-order valence-corrected chi connectivity index (χ2v) is 7.41. The van der Waals surface area contributed by atoms with Crippen molar-refractivity contribution in [3.8, 4) is 22.8 Å². The fourth-order valence-corrected chi connectivity index (χ4v) is 3.44. The number of nitrogens with zero attached hydrogens (tertiary/aromatic N) is 3. The van der Waals surface area contributed by atoms with Crippen LogP contribution in [0.5, 0.6) is 11.5 Å². The van der Waals surface area contributed by atoms with Gasteiger partial charge in [0.25, 0.3) is 5.91 Å². The number of nitrogens with two attached hydrogens (primary N) is 1. The molecular formula is C27H21FN4O2. The van der Waals surface area contributed by atoms with Gasteiger partial charge in [0, 0.05) is 16.9 Å². The molecule has 0 atom stereocenters. The second kappa shape index (κ2) is 10.3. The van der Waals surface area contributed by atoms with Gasteiger partial charge in [0.2, 0.25) is 6.54 Å². The van der Waals surface area contributed by atoms with Crippen LogP contribution >= 0.6 is 0 Å². The first-order valence-corrected chi connectivity index (χ1v) is 10.5. The lowest BCUT2D eigenvalue weighted by Gasteiger charge is -2.24. The summed E-state index contributed by atoms with van der Waals surface area (Å²) in [4.78, 5) is 21.9. The van der Waals surface area contributed by atoms with Crippen molar-refractivity contribution in [3.63, 3.8) is 0 Å². The van der Waals surface area contributed by atoms with E-state index >= 15 is 0 Å². The molecule has 6 nitrogen and oxygen atoms in total. The monoisotopic (exact) mass is 452 g/mol. The minimum atomic E-state index is -0.641. The van der Waals surface area contributed by atoms with E-state index in [1.165, 1.54) is 12.1 Å². The van der Waals surface area contributed by atoms with Crippen molar-refractivity contribution in [2.45, 2.75) is 0 Å². The maximum atomic E-state index is 13.1. The van der Waals surface area contributed by atoms with Gasteiger partial charge in [-0.3, -0.25) is 4.79 Å². The van der Waals surface area contributed by atoms with E-state index < -0.39 is 5.91 Å². The van der Waals surface area contributed by atoms with Crippen molar-refractivity contribution >= 4 is 17.3 Å². The number of ether oxygens (including phenoxy) is 1. The Morgan fingerprint density at radius 1 is 0.941 bits per heavy atom. The van der Waals surface area contributed by atoms with E-state index in [2.05, 4.69) is 9.83 Å². The number of pyridine rings is 1. The van der Waals surface area contributed by atoms with Gasteiger partial charge in [-0.05, 0) is 72.8 Å². The smallest absolute Gasteiger partial charge is 0.267 e. The molecule has 3 aromatic carbocycles. The van der Waals surface area contributed by atoms with Crippen LogP contribution in [-0.2, 0) is 0 Å². The fourth-order valence-electron chi connectivity index (χ4n) is 3.44. The number of benzene rings is 3. The summed E-state index contributed by atoms with van der Waals surface area (Å²) >= 11 is 0. The number of primary amides is 1. The highest BCUT2D eigenvalue weighted by Crippen LogP contribution is 2.31. The lowest BCUT2D eigenvalue weighted by atomic mass is 10.1. The molecule has 0 spiro atoms. The van der Waals surface area contributed by atoms with Crippen molar-refractivity contribution < 1.29 is 13.9 Å². The number of hydrogen-bond acceptors (Lipinski definition) is 4. The molecule has 0 aliphatic carbocycles. The third kappa shape index (κ3) is 5.37. The van der Waals surface area contributed by atoms with Gasteiger partial charge in [-0.25, -0.2) is 15.9 Å². The van der Waals surface area contributed by atoms with Crippen molar-refractivity contribution in [1.29, 1.82) is 0 Å². The van der Waals surface area contributed by atoms with Gasteiger partial charge in [-0.15, -0.1) is 0 Å². The molecule has 0 aliphatic heterocycles. The van der Waals surface area contributed by atoms with Crippen molar-refractivity contribution in [1.82, 2.24) is 4.98 Å². The molecule has 168 valence electrons. The average molecular weight is 452 g/mol. The summed E-state index contributed by atoms with van der Waals surface area (Å²) in [5, 5.41) is 0. The molecule has 1 heterocycles. The van der Waals surface area contributed by atoms with E-state index in [1.54, 1.807) is 30.3 Å². The van der Waals surface area contributed by atoms with E-state index in [1.807, 2.05) is 53.4 Å². The Hall–Kier alpha value is -4.70. The molecule has 0 aliphatic rings. The SMILES string of the molecule is [C-]#[N+]CCN(c1ccccc1)c1cc(C(N)=O)nc(-c2ccc(Oc3ccc(F)cc3)cc2)c1. The Morgan fingerprint density at radius 3 is 2.21 bits per heavy atom. The first-order chi connectivity index (χ1) is 16.5. The quantitative estimate of drug-likeness (QED) is 0.341. The summed E-state index contributed by atoms with van der Waals surface area (Å²) in [7, 11) is 0. The van der Waals surface area contributed by atoms with Crippen molar-refractivity contribution in [3.05, 3.63) is 114 Å². The number of amides is 1. The predicted octanol–water partition coefficient (Wildman–Crippen LogP) is 5.84. The number of hydrogen-bond donors (Lipinski definition) is 1. The number of anilines is 2. The minimum Gasteiger partial charge on any atom is -0.457 e. The Kier molecular flexibility index (Phi) is 6.80. The second-order valence-electron chi connectivity index (χ2n) is 7.41. The molecule has 0 bridgehead atoms. The first kappa shape index (κ1) is 22.5. The maximum absolute atomic E-state index is 13.1. The van der Waals surface area contributed by atoms with Gasteiger partial charge < -0.3 is 20.2 Å². The number of aromatic nitrogens is 1. The Balaban J connectivity index is 1.68.